The quantitative estimate of drug-likeness (QED) is 0.442. The maximum atomic E-state index is 12.5. The van der Waals surface area contributed by atoms with Crippen molar-refractivity contribution in [2.75, 3.05) is 24.3 Å². The largest absolute Gasteiger partial charge is 0.492 e. The highest BCUT2D eigenvalue weighted by molar-refractivity contribution is 7.99. The number of ether oxygens (including phenoxy) is 1. The van der Waals surface area contributed by atoms with E-state index in [0.29, 0.717) is 33.4 Å². The van der Waals surface area contributed by atoms with E-state index in [0.717, 1.165) is 11.8 Å². The number of amides is 1. The summed E-state index contributed by atoms with van der Waals surface area (Å²) in [4.78, 5) is 29.4. The zero-order valence-corrected chi connectivity index (χ0v) is 16.3. The molecule has 0 radical (unpaired) electrons. The molecule has 1 aromatic carbocycles. The predicted octanol–water partition coefficient (Wildman–Crippen LogP) is 2.58. The summed E-state index contributed by atoms with van der Waals surface area (Å²) in [5.41, 5.74) is 0.997. The number of thiophene rings is 1. The molecule has 9 heteroatoms. The van der Waals surface area contributed by atoms with Crippen molar-refractivity contribution >= 4 is 44.9 Å². The van der Waals surface area contributed by atoms with E-state index in [9.17, 15) is 14.7 Å². The molecule has 0 fully saturated rings. The van der Waals surface area contributed by atoms with Crippen LogP contribution in [0.4, 0.5) is 5.69 Å². The highest BCUT2D eigenvalue weighted by atomic mass is 32.2. The zero-order valence-electron chi connectivity index (χ0n) is 14.7. The lowest BCUT2D eigenvalue weighted by atomic mass is 10.3. The number of nitrogens with zero attached hydrogens (tertiary/aromatic N) is 2. The van der Waals surface area contributed by atoms with E-state index < -0.39 is 0 Å². The summed E-state index contributed by atoms with van der Waals surface area (Å²) < 4.78 is 7.45. The van der Waals surface area contributed by atoms with Gasteiger partial charge in [0.2, 0.25) is 5.91 Å². The number of anilines is 1. The van der Waals surface area contributed by atoms with Crippen molar-refractivity contribution in [1.29, 1.82) is 0 Å². The van der Waals surface area contributed by atoms with E-state index in [1.54, 1.807) is 23.6 Å². The molecule has 0 bridgehead atoms. The van der Waals surface area contributed by atoms with Gasteiger partial charge < -0.3 is 15.2 Å². The molecule has 0 spiro atoms. The van der Waals surface area contributed by atoms with Gasteiger partial charge in [0.25, 0.3) is 5.56 Å². The van der Waals surface area contributed by atoms with Gasteiger partial charge in [0.1, 0.15) is 10.4 Å². The average Bonchev–Trinajstić information content (AvgIpc) is 3.13. The minimum Gasteiger partial charge on any atom is -0.492 e. The van der Waals surface area contributed by atoms with E-state index in [1.165, 1.54) is 15.9 Å². The van der Waals surface area contributed by atoms with E-state index in [2.05, 4.69) is 10.3 Å². The molecule has 0 aliphatic carbocycles. The number of thioether (sulfide) groups is 1. The Kier molecular flexibility index (Phi) is 6.49. The van der Waals surface area contributed by atoms with Crippen molar-refractivity contribution < 1.29 is 14.6 Å². The Balaban J connectivity index is 1.75. The van der Waals surface area contributed by atoms with Gasteiger partial charge in [0, 0.05) is 0 Å². The summed E-state index contributed by atoms with van der Waals surface area (Å²) in [7, 11) is 0. The number of carbonyl (C=O) groups is 1. The molecule has 2 N–H and O–H groups in total. The van der Waals surface area contributed by atoms with Crippen molar-refractivity contribution in [2.45, 2.75) is 18.6 Å². The van der Waals surface area contributed by atoms with E-state index in [-0.39, 0.29) is 30.4 Å². The topological polar surface area (TPSA) is 93.5 Å². The van der Waals surface area contributed by atoms with Crippen LogP contribution >= 0.6 is 23.1 Å². The molecule has 0 unspecified atom stereocenters. The van der Waals surface area contributed by atoms with Gasteiger partial charge >= 0.3 is 0 Å². The number of fused-ring (bicyclic) bond motifs is 1. The summed E-state index contributed by atoms with van der Waals surface area (Å²) >= 11 is 2.47. The first kappa shape index (κ1) is 19.4. The van der Waals surface area contributed by atoms with Crippen LogP contribution in [0.1, 0.15) is 6.92 Å². The van der Waals surface area contributed by atoms with Gasteiger partial charge in [0.15, 0.2) is 5.16 Å². The minimum atomic E-state index is -0.234. The number of aliphatic hydroxyl groups is 1. The highest BCUT2D eigenvalue weighted by Gasteiger charge is 2.14. The van der Waals surface area contributed by atoms with E-state index in [1.807, 2.05) is 19.1 Å². The average molecular weight is 406 g/mol. The molecule has 2 aromatic heterocycles. The molecular formula is C18H19N3O4S2. The molecule has 27 heavy (non-hydrogen) atoms. The number of benzene rings is 1. The predicted molar refractivity (Wildman–Crippen MR) is 108 cm³/mol. The normalized spacial score (nSPS) is 10.9. The number of para-hydroxylation sites is 2. The smallest absolute Gasteiger partial charge is 0.272 e. The first-order valence-corrected chi connectivity index (χ1v) is 10.2. The van der Waals surface area contributed by atoms with Crippen LogP contribution in [0.2, 0.25) is 0 Å². The molecule has 0 saturated carbocycles. The highest BCUT2D eigenvalue weighted by Crippen LogP contribution is 2.25. The fourth-order valence-corrected chi connectivity index (χ4v) is 4.10. The number of nitrogens with one attached hydrogen (secondary N) is 1. The fraction of sp³-hybridized carbons (Fsp3) is 0.278. The standard InChI is InChI=1S/C18H19N3O4S2/c1-2-25-14-6-4-3-5-12(14)19-15(23)11-27-18-20-13-7-10-26-16(13)17(24)21(18)8-9-22/h3-7,10,22H,2,8-9,11H2,1H3,(H,19,23). The summed E-state index contributed by atoms with van der Waals surface area (Å²) in [5.74, 6) is 0.448. The number of aliphatic hydroxyl groups excluding tert-OH is 1. The third kappa shape index (κ3) is 4.49. The first-order chi connectivity index (χ1) is 13.1. The Labute approximate surface area is 164 Å². The number of aromatic nitrogens is 2. The lowest BCUT2D eigenvalue weighted by Crippen LogP contribution is -2.25. The maximum Gasteiger partial charge on any atom is 0.272 e. The summed E-state index contributed by atoms with van der Waals surface area (Å²) in [6.45, 7) is 2.33. The van der Waals surface area contributed by atoms with Gasteiger partial charge in [-0.2, -0.15) is 0 Å². The second-order valence-corrected chi connectivity index (χ2v) is 7.33. The van der Waals surface area contributed by atoms with Gasteiger partial charge in [-0.1, -0.05) is 23.9 Å². The van der Waals surface area contributed by atoms with E-state index in [4.69, 9.17) is 4.74 Å². The van der Waals surface area contributed by atoms with Crippen LogP contribution in [0.25, 0.3) is 10.2 Å². The number of hydrogen-bond acceptors (Lipinski definition) is 7. The van der Waals surface area contributed by atoms with Gasteiger partial charge in [-0.05, 0) is 30.5 Å². The van der Waals surface area contributed by atoms with Crippen molar-refractivity contribution in [2.24, 2.45) is 0 Å². The van der Waals surface area contributed by atoms with E-state index >= 15 is 0 Å². The number of hydrogen-bond donors (Lipinski definition) is 2. The molecule has 0 atom stereocenters. The monoisotopic (exact) mass is 405 g/mol. The Bertz CT molecular complexity index is 1000. The van der Waals surface area contributed by atoms with Gasteiger partial charge in [-0.25, -0.2) is 4.98 Å². The molecule has 2 heterocycles. The molecular weight excluding hydrogens is 386 g/mol. The second-order valence-electron chi connectivity index (χ2n) is 5.48. The van der Waals surface area contributed by atoms with Crippen molar-refractivity contribution in [3.63, 3.8) is 0 Å². The molecule has 3 aromatic rings. The number of carbonyl (C=O) groups excluding carboxylic acids is 1. The second kappa shape index (κ2) is 9.03. The van der Waals surface area contributed by atoms with Crippen LogP contribution in [0.3, 0.4) is 0 Å². The van der Waals surface area contributed by atoms with Crippen molar-refractivity contribution in [3.05, 3.63) is 46.1 Å². The molecule has 7 nitrogen and oxygen atoms in total. The third-order valence-corrected chi connectivity index (χ3v) is 5.52. The lowest BCUT2D eigenvalue weighted by Gasteiger charge is -2.12. The maximum absolute atomic E-state index is 12.5. The van der Waals surface area contributed by atoms with Crippen LogP contribution < -0.4 is 15.6 Å². The first-order valence-electron chi connectivity index (χ1n) is 8.37. The van der Waals surface area contributed by atoms with Crippen LogP contribution in [0.15, 0.2) is 45.7 Å². The Morgan fingerprint density at radius 2 is 2.19 bits per heavy atom. The van der Waals surface area contributed by atoms with Gasteiger partial charge in [-0.15, -0.1) is 11.3 Å². The molecule has 0 aliphatic heterocycles. The van der Waals surface area contributed by atoms with Crippen molar-refractivity contribution in [1.82, 2.24) is 9.55 Å². The fourth-order valence-electron chi connectivity index (χ4n) is 2.50. The lowest BCUT2D eigenvalue weighted by molar-refractivity contribution is -0.113. The number of rotatable bonds is 8. The van der Waals surface area contributed by atoms with Crippen molar-refractivity contribution in [3.8, 4) is 5.75 Å². The zero-order chi connectivity index (χ0) is 19.2. The molecule has 0 aliphatic rings. The molecule has 1 amide bonds. The molecule has 142 valence electrons. The van der Waals surface area contributed by atoms with Crippen LogP contribution in [0.5, 0.6) is 5.75 Å². The summed E-state index contributed by atoms with van der Waals surface area (Å²) in [5, 5.41) is 14.3. The Morgan fingerprint density at radius 3 is 2.96 bits per heavy atom. The third-order valence-electron chi connectivity index (χ3n) is 3.65. The van der Waals surface area contributed by atoms with Gasteiger partial charge in [-0.3, -0.25) is 14.2 Å². The SMILES string of the molecule is CCOc1ccccc1NC(=O)CSc1nc2ccsc2c(=O)n1CCO. The Morgan fingerprint density at radius 1 is 1.37 bits per heavy atom. The molecule has 3 rings (SSSR count). The van der Waals surface area contributed by atoms with Crippen LogP contribution in [-0.4, -0.2) is 39.5 Å². The summed E-state index contributed by atoms with van der Waals surface area (Å²) in [6.07, 6.45) is 0. The van der Waals surface area contributed by atoms with Crippen LogP contribution in [0, 0.1) is 0 Å². The summed E-state index contributed by atoms with van der Waals surface area (Å²) in [6, 6.07) is 8.98. The van der Waals surface area contributed by atoms with Gasteiger partial charge in [0.05, 0.1) is 36.7 Å². The van der Waals surface area contributed by atoms with Crippen LogP contribution in [-0.2, 0) is 11.3 Å². The molecule has 0 saturated heterocycles. The minimum absolute atomic E-state index is 0.0774. The Hall–Kier alpha value is -2.36.